The molecule has 29 heavy (non-hydrogen) atoms. The van der Waals surface area contributed by atoms with E-state index < -0.39 is 5.41 Å². The maximum atomic E-state index is 13.4. The molecule has 2 aromatic rings. The molecule has 152 valence electrons. The first-order valence-corrected chi connectivity index (χ1v) is 10.6. The summed E-state index contributed by atoms with van der Waals surface area (Å²) in [5, 5.41) is 13.6. The molecule has 6 heteroatoms. The highest BCUT2D eigenvalue weighted by atomic mass is 35.5. The highest BCUT2D eigenvalue weighted by molar-refractivity contribution is 6.35. The lowest BCUT2D eigenvalue weighted by atomic mass is 9.77. The molecule has 0 heterocycles. The first kappa shape index (κ1) is 21.5. The molecule has 0 spiro atoms. The minimum Gasteiger partial charge on any atom is -0.491 e. The lowest BCUT2D eigenvalue weighted by molar-refractivity contribution is -0.121. The van der Waals surface area contributed by atoms with Crippen molar-refractivity contribution in [3.8, 4) is 11.8 Å². The number of ether oxygens (including phenoxy) is 1. The van der Waals surface area contributed by atoms with Crippen molar-refractivity contribution in [2.24, 2.45) is 0 Å². The average Bonchev–Trinajstić information content (AvgIpc) is 3.19. The van der Waals surface area contributed by atoms with Gasteiger partial charge in [0.25, 0.3) is 0 Å². The fraction of sp³-hybridized carbons (Fsp3) is 0.391. The summed E-state index contributed by atoms with van der Waals surface area (Å²) in [4.78, 5) is 13.4. The average molecular weight is 431 g/mol. The molecule has 0 radical (unpaired) electrons. The molecule has 1 aliphatic rings. The second-order valence-electron chi connectivity index (χ2n) is 7.52. The van der Waals surface area contributed by atoms with Crippen molar-refractivity contribution in [3.05, 3.63) is 57.6 Å². The maximum Gasteiger partial charge on any atom is 0.235 e. The number of amides is 1. The first-order valence-electron chi connectivity index (χ1n) is 9.87. The highest BCUT2D eigenvalue weighted by Gasteiger charge is 2.44. The summed E-state index contributed by atoms with van der Waals surface area (Å²) in [6, 6.07) is 12.6. The third-order valence-electron chi connectivity index (χ3n) is 5.61. The molecule has 2 aromatic carbocycles. The molecule has 1 atom stereocenters. The number of nitriles is 1. The van der Waals surface area contributed by atoms with E-state index in [1.165, 1.54) is 0 Å². The van der Waals surface area contributed by atoms with Crippen molar-refractivity contribution in [1.29, 1.82) is 5.26 Å². The molecule has 3 rings (SSSR count). The van der Waals surface area contributed by atoms with E-state index in [-0.39, 0.29) is 12.0 Å². The molecule has 0 bridgehead atoms. The topological polar surface area (TPSA) is 62.1 Å². The third kappa shape index (κ3) is 4.52. The molecule has 1 saturated carbocycles. The summed E-state index contributed by atoms with van der Waals surface area (Å²) in [7, 11) is 0. The Bertz CT molecular complexity index is 946. The van der Waals surface area contributed by atoms with Crippen LogP contribution in [0.3, 0.4) is 0 Å². The van der Waals surface area contributed by atoms with Crippen LogP contribution in [0.1, 0.15) is 57.1 Å². The number of benzene rings is 2. The van der Waals surface area contributed by atoms with Gasteiger partial charge in [-0.25, -0.2) is 0 Å². The number of nitrogens with one attached hydrogen (secondary N) is 1. The van der Waals surface area contributed by atoms with Gasteiger partial charge in [0.2, 0.25) is 5.91 Å². The number of anilines is 1. The molecule has 1 fully saturated rings. The Balaban J connectivity index is 1.90. The maximum absolute atomic E-state index is 13.4. The summed E-state index contributed by atoms with van der Waals surface area (Å²) in [5.74, 6) is 0.469. The van der Waals surface area contributed by atoms with Gasteiger partial charge in [-0.3, -0.25) is 4.79 Å². The van der Waals surface area contributed by atoms with Crippen molar-refractivity contribution in [3.63, 3.8) is 0 Å². The van der Waals surface area contributed by atoms with E-state index >= 15 is 0 Å². The summed E-state index contributed by atoms with van der Waals surface area (Å²) >= 11 is 12.5. The number of halogens is 2. The van der Waals surface area contributed by atoms with Crippen LogP contribution in [-0.2, 0) is 10.2 Å². The minimum absolute atomic E-state index is 0.0517. The predicted molar refractivity (Wildman–Crippen MR) is 117 cm³/mol. The zero-order chi connectivity index (χ0) is 21.0. The zero-order valence-electron chi connectivity index (χ0n) is 16.6. The Morgan fingerprint density at radius 2 is 1.97 bits per heavy atom. The molecule has 0 aromatic heterocycles. The van der Waals surface area contributed by atoms with Gasteiger partial charge in [-0.05, 0) is 56.0 Å². The lowest BCUT2D eigenvalue weighted by Gasteiger charge is -2.29. The van der Waals surface area contributed by atoms with Gasteiger partial charge in [0.15, 0.2) is 0 Å². The number of rotatable bonds is 6. The van der Waals surface area contributed by atoms with Crippen molar-refractivity contribution in [1.82, 2.24) is 0 Å². The standard InChI is InChI=1S/C23H24Cl2N2O2/c1-3-15(2)29-18-7-9-21(16(12-18)14-26)27-22(28)23(10-4-5-11-23)19-8-6-17(24)13-20(19)25/h6-9,12-13,15H,3-5,10-11H2,1-2H3,(H,27,28)/t15-/m1/s1. The molecular formula is C23H24Cl2N2O2. The Kier molecular flexibility index (Phi) is 6.72. The summed E-state index contributed by atoms with van der Waals surface area (Å²) in [5.41, 5.74) is 0.911. The molecular weight excluding hydrogens is 407 g/mol. The van der Waals surface area contributed by atoms with Crippen molar-refractivity contribution in [2.75, 3.05) is 5.32 Å². The van der Waals surface area contributed by atoms with Crippen LogP contribution >= 0.6 is 23.2 Å². The van der Waals surface area contributed by atoms with E-state index in [0.29, 0.717) is 39.9 Å². The van der Waals surface area contributed by atoms with E-state index in [1.54, 1.807) is 30.3 Å². The molecule has 4 nitrogen and oxygen atoms in total. The molecule has 1 amide bonds. The first-order chi connectivity index (χ1) is 13.9. The second kappa shape index (κ2) is 9.07. The van der Waals surface area contributed by atoms with Gasteiger partial charge in [-0.1, -0.05) is 49.0 Å². The number of hydrogen-bond acceptors (Lipinski definition) is 3. The van der Waals surface area contributed by atoms with E-state index in [4.69, 9.17) is 27.9 Å². The predicted octanol–water partition coefficient (Wildman–Crippen LogP) is 6.49. The SMILES string of the molecule is CC[C@@H](C)Oc1ccc(NC(=O)C2(c3ccc(Cl)cc3Cl)CCCC2)c(C#N)c1. The lowest BCUT2D eigenvalue weighted by Crippen LogP contribution is -2.38. The van der Waals surface area contributed by atoms with E-state index in [0.717, 1.165) is 24.8 Å². The van der Waals surface area contributed by atoms with Gasteiger partial charge in [-0.2, -0.15) is 5.26 Å². The largest absolute Gasteiger partial charge is 0.491 e. The molecule has 1 N–H and O–H groups in total. The van der Waals surface area contributed by atoms with Gasteiger partial charge in [0.1, 0.15) is 11.8 Å². The van der Waals surface area contributed by atoms with Crippen molar-refractivity contribution < 1.29 is 9.53 Å². The Morgan fingerprint density at radius 1 is 1.24 bits per heavy atom. The number of nitrogens with zero attached hydrogens (tertiary/aromatic N) is 1. The van der Waals surface area contributed by atoms with Crippen LogP contribution in [0.2, 0.25) is 10.0 Å². The summed E-state index contributed by atoms with van der Waals surface area (Å²) in [6.45, 7) is 4.01. The van der Waals surface area contributed by atoms with Crippen LogP contribution in [-0.4, -0.2) is 12.0 Å². The minimum atomic E-state index is -0.722. The van der Waals surface area contributed by atoms with Gasteiger partial charge in [-0.15, -0.1) is 0 Å². The number of carbonyl (C=O) groups excluding carboxylic acids is 1. The molecule has 0 aliphatic heterocycles. The Hall–Kier alpha value is -2.22. The Labute approximate surface area is 181 Å². The van der Waals surface area contributed by atoms with Crippen molar-refractivity contribution in [2.45, 2.75) is 57.5 Å². The Morgan fingerprint density at radius 3 is 2.59 bits per heavy atom. The molecule has 0 unspecified atom stereocenters. The summed E-state index contributed by atoms with van der Waals surface area (Å²) in [6.07, 6.45) is 4.22. The van der Waals surface area contributed by atoms with Gasteiger partial charge in [0, 0.05) is 16.1 Å². The second-order valence-corrected chi connectivity index (χ2v) is 8.37. The van der Waals surface area contributed by atoms with Crippen LogP contribution in [0.25, 0.3) is 0 Å². The van der Waals surface area contributed by atoms with Crippen LogP contribution in [0.5, 0.6) is 5.75 Å². The quantitative estimate of drug-likeness (QED) is 0.568. The van der Waals surface area contributed by atoms with Crippen molar-refractivity contribution >= 4 is 34.8 Å². The van der Waals surface area contributed by atoms with Crippen LogP contribution in [0.15, 0.2) is 36.4 Å². The van der Waals surface area contributed by atoms with E-state index in [2.05, 4.69) is 11.4 Å². The van der Waals surface area contributed by atoms with Crippen LogP contribution in [0.4, 0.5) is 5.69 Å². The zero-order valence-corrected chi connectivity index (χ0v) is 18.1. The fourth-order valence-electron chi connectivity index (χ4n) is 3.83. The number of carbonyl (C=O) groups is 1. The fourth-order valence-corrected chi connectivity index (χ4v) is 4.42. The number of hydrogen-bond donors (Lipinski definition) is 1. The molecule has 0 saturated heterocycles. The normalized spacial score (nSPS) is 16.1. The van der Waals surface area contributed by atoms with Gasteiger partial charge < -0.3 is 10.1 Å². The van der Waals surface area contributed by atoms with E-state index in [1.807, 2.05) is 19.9 Å². The highest BCUT2D eigenvalue weighted by Crippen LogP contribution is 2.45. The smallest absolute Gasteiger partial charge is 0.235 e. The monoisotopic (exact) mass is 430 g/mol. The van der Waals surface area contributed by atoms with Crippen LogP contribution in [0, 0.1) is 11.3 Å². The third-order valence-corrected chi connectivity index (χ3v) is 6.16. The molecule has 1 aliphatic carbocycles. The van der Waals surface area contributed by atoms with Gasteiger partial charge in [0.05, 0.1) is 22.8 Å². The van der Waals surface area contributed by atoms with E-state index in [9.17, 15) is 10.1 Å². The summed E-state index contributed by atoms with van der Waals surface area (Å²) < 4.78 is 5.79. The van der Waals surface area contributed by atoms with Crippen LogP contribution < -0.4 is 10.1 Å². The van der Waals surface area contributed by atoms with Gasteiger partial charge >= 0.3 is 0 Å².